The molecule has 3 fully saturated rings. The highest BCUT2D eigenvalue weighted by molar-refractivity contribution is 7.89. The molecule has 4 atom stereocenters. The summed E-state index contributed by atoms with van der Waals surface area (Å²) in [6, 6.07) is 8.47. The molecule has 1 aromatic rings. The zero-order valence-corrected chi connectivity index (χ0v) is 18.6. The van der Waals surface area contributed by atoms with E-state index in [4.69, 9.17) is 0 Å². The first-order valence-corrected chi connectivity index (χ1v) is 12.7. The summed E-state index contributed by atoms with van der Waals surface area (Å²) in [6.45, 7) is 7.58. The minimum absolute atomic E-state index is 0.0139. The van der Waals surface area contributed by atoms with Gasteiger partial charge in [0.15, 0.2) is 0 Å². The van der Waals surface area contributed by atoms with Crippen LogP contribution in [-0.2, 0) is 15.4 Å². The van der Waals surface area contributed by atoms with E-state index in [2.05, 4.69) is 57.2 Å². The van der Waals surface area contributed by atoms with Crippen molar-refractivity contribution in [1.29, 1.82) is 0 Å². The van der Waals surface area contributed by atoms with Gasteiger partial charge in [-0.15, -0.1) is 0 Å². The van der Waals surface area contributed by atoms with E-state index in [1.165, 1.54) is 11.1 Å². The van der Waals surface area contributed by atoms with Crippen LogP contribution < -0.4 is 0 Å². The molecule has 0 unspecified atom stereocenters. The summed E-state index contributed by atoms with van der Waals surface area (Å²) < 4.78 is 28.7. The van der Waals surface area contributed by atoms with Gasteiger partial charge in [-0.2, -0.15) is 0 Å². The minimum Gasteiger partial charge on any atom is -0.392 e. The number of aliphatic hydroxyl groups is 1. The number of nitrogens with zero attached hydrogens (tertiary/aromatic N) is 1. The molecule has 0 aromatic heterocycles. The Bertz CT molecular complexity index is 958. The van der Waals surface area contributed by atoms with Crippen LogP contribution in [-0.4, -0.2) is 42.8 Å². The first kappa shape index (κ1) is 19.8. The maximum atomic E-state index is 13.5. The highest BCUT2D eigenvalue weighted by atomic mass is 32.2. The Morgan fingerprint density at radius 3 is 2.48 bits per heavy atom. The molecule has 1 N–H and O–H groups in total. The Hall–Kier alpha value is -1.17. The van der Waals surface area contributed by atoms with Crippen molar-refractivity contribution in [3.63, 3.8) is 0 Å². The lowest BCUT2D eigenvalue weighted by atomic mass is 9.70. The normalized spacial score (nSPS) is 37.3. The van der Waals surface area contributed by atoms with Crippen molar-refractivity contribution in [3.8, 4) is 0 Å². The van der Waals surface area contributed by atoms with E-state index in [1.807, 2.05) is 0 Å². The van der Waals surface area contributed by atoms with Crippen LogP contribution in [0.4, 0.5) is 0 Å². The molecular formula is C24H33NO3S. The highest BCUT2D eigenvalue weighted by Gasteiger charge is 2.68. The molecule has 5 rings (SSSR count). The molecule has 158 valence electrons. The summed E-state index contributed by atoms with van der Waals surface area (Å²) in [7, 11) is -3.41. The molecule has 0 amide bonds. The van der Waals surface area contributed by atoms with E-state index in [1.54, 1.807) is 4.31 Å². The molecule has 4 aliphatic rings. The third kappa shape index (κ3) is 2.53. The summed E-state index contributed by atoms with van der Waals surface area (Å²) in [5.41, 5.74) is 1.95. The summed E-state index contributed by atoms with van der Waals surface area (Å²) in [5, 5.41) is 11.0. The third-order valence-corrected chi connectivity index (χ3v) is 11.4. The molecule has 1 spiro atoms. The van der Waals surface area contributed by atoms with Crippen LogP contribution in [0, 0.1) is 22.7 Å². The number of rotatable bonds is 3. The molecule has 1 saturated heterocycles. The maximum absolute atomic E-state index is 13.5. The molecule has 2 bridgehead atoms. The van der Waals surface area contributed by atoms with Gasteiger partial charge in [-0.05, 0) is 54.1 Å². The smallest absolute Gasteiger partial charge is 0.214 e. The molecule has 2 saturated carbocycles. The van der Waals surface area contributed by atoms with Crippen LogP contribution in [0.1, 0.15) is 57.6 Å². The average molecular weight is 416 g/mol. The van der Waals surface area contributed by atoms with Gasteiger partial charge >= 0.3 is 0 Å². The fourth-order valence-corrected chi connectivity index (χ4v) is 9.69. The molecule has 3 aliphatic carbocycles. The van der Waals surface area contributed by atoms with E-state index in [0.717, 1.165) is 25.7 Å². The number of benzene rings is 1. The molecule has 1 heterocycles. The highest BCUT2D eigenvalue weighted by Crippen LogP contribution is 2.68. The molecule has 29 heavy (non-hydrogen) atoms. The van der Waals surface area contributed by atoms with Crippen LogP contribution >= 0.6 is 0 Å². The van der Waals surface area contributed by atoms with Crippen LogP contribution in [0.5, 0.6) is 0 Å². The second-order valence-electron chi connectivity index (χ2n) is 10.6. The van der Waals surface area contributed by atoms with E-state index in [-0.39, 0.29) is 22.5 Å². The minimum atomic E-state index is -3.41. The Morgan fingerprint density at radius 2 is 1.83 bits per heavy atom. The number of hydrogen-bond acceptors (Lipinski definition) is 3. The number of sulfonamides is 1. The van der Waals surface area contributed by atoms with Gasteiger partial charge < -0.3 is 5.11 Å². The van der Waals surface area contributed by atoms with Gasteiger partial charge in [0, 0.05) is 23.9 Å². The summed E-state index contributed by atoms with van der Waals surface area (Å²) >= 11 is 0. The second kappa shape index (κ2) is 6.18. The lowest BCUT2D eigenvalue weighted by molar-refractivity contribution is -0.00463. The monoisotopic (exact) mass is 415 g/mol. The first-order chi connectivity index (χ1) is 13.6. The second-order valence-corrected chi connectivity index (χ2v) is 12.5. The van der Waals surface area contributed by atoms with Crippen molar-refractivity contribution in [3.05, 3.63) is 41.5 Å². The van der Waals surface area contributed by atoms with Gasteiger partial charge in [-0.3, -0.25) is 0 Å². The number of aliphatic hydroxyl groups excluding tert-OH is 1. The number of piperidine rings is 1. The molecular weight excluding hydrogens is 382 g/mol. The third-order valence-electron chi connectivity index (χ3n) is 9.34. The van der Waals surface area contributed by atoms with Gasteiger partial charge in [0.2, 0.25) is 10.0 Å². The van der Waals surface area contributed by atoms with Crippen molar-refractivity contribution in [2.75, 3.05) is 18.8 Å². The van der Waals surface area contributed by atoms with E-state index < -0.39 is 21.5 Å². The first-order valence-electron chi connectivity index (χ1n) is 11.1. The van der Waals surface area contributed by atoms with Crippen molar-refractivity contribution >= 4 is 16.1 Å². The van der Waals surface area contributed by atoms with Crippen molar-refractivity contribution in [2.24, 2.45) is 22.7 Å². The Morgan fingerprint density at radius 1 is 1.14 bits per heavy atom. The standard InChI is InChI=1S/C24H33NO3S/c1-17-19-9-11-24(21(17)26,22(19,2)3)16-29(27,28)25-14-12-23(13-15-25)10-8-18-6-4-5-7-20(18)23/h4-8,10,17,19,21,26H,9,11-16H2,1-3H3/t17-,19+,21-,24+/m0/s1. The number of hydrogen-bond donors (Lipinski definition) is 1. The van der Waals surface area contributed by atoms with Gasteiger partial charge in [-0.1, -0.05) is 57.2 Å². The molecule has 1 aliphatic heterocycles. The zero-order chi connectivity index (χ0) is 20.7. The largest absolute Gasteiger partial charge is 0.392 e. The van der Waals surface area contributed by atoms with Crippen LogP contribution in [0.3, 0.4) is 0 Å². The van der Waals surface area contributed by atoms with Gasteiger partial charge in [0.25, 0.3) is 0 Å². The fraction of sp³-hybridized carbons (Fsp3) is 0.667. The molecule has 4 nitrogen and oxygen atoms in total. The van der Waals surface area contributed by atoms with Gasteiger partial charge in [0.1, 0.15) is 0 Å². The maximum Gasteiger partial charge on any atom is 0.214 e. The van der Waals surface area contributed by atoms with Crippen molar-refractivity contribution in [2.45, 2.75) is 58.0 Å². The van der Waals surface area contributed by atoms with E-state index in [0.29, 0.717) is 19.0 Å². The van der Waals surface area contributed by atoms with Crippen molar-refractivity contribution in [1.82, 2.24) is 4.31 Å². The van der Waals surface area contributed by atoms with E-state index >= 15 is 0 Å². The predicted molar refractivity (Wildman–Crippen MR) is 116 cm³/mol. The van der Waals surface area contributed by atoms with Crippen LogP contribution in [0.15, 0.2) is 30.3 Å². The summed E-state index contributed by atoms with van der Waals surface area (Å²) in [6.07, 6.45) is 7.47. The molecule has 1 aromatic carbocycles. The van der Waals surface area contributed by atoms with Crippen LogP contribution in [0.2, 0.25) is 0 Å². The van der Waals surface area contributed by atoms with Crippen LogP contribution in [0.25, 0.3) is 6.08 Å². The van der Waals surface area contributed by atoms with Gasteiger partial charge in [0.05, 0.1) is 11.9 Å². The summed E-state index contributed by atoms with van der Waals surface area (Å²) in [5.74, 6) is 0.685. The Labute approximate surface area is 175 Å². The lowest BCUT2D eigenvalue weighted by Crippen LogP contribution is -2.51. The average Bonchev–Trinajstić information content (AvgIpc) is 3.20. The molecule has 0 radical (unpaired) electrons. The zero-order valence-electron chi connectivity index (χ0n) is 17.8. The van der Waals surface area contributed by atoms with Crippen molar-refractivity contribution < 1.29 is 13.5 Å². The molecule has 5 heteroatoms. The van der Waals surface area contributed by atoms with Gasteiger partial charge in [-0.25, -0.2) is 12.7 Å². The fourth-order valence-electron chi connectivity index (χ4n) is 7.43. The number of fused-ring (bicyclic) bond motifs is 4. The SMILES string of the molecule is C[C@H]1[C@H]2CC[C@@](CS(=O)(=O)N3CCC4(C=Cc5ccccc54)CC3)([C@H]1O)C2(C)C. The Balaban J connectivity index is 1.36. The van der Waals surface area contributed by atoms with E-state index in [9.17, 15) is 13.5 Å². The topological polar surface area (TPSA) is 57.6 Å². The lowest BCUT2D eigenvalue weighted by Gasteiger charge is -2.43. The summed E-state index contributed by atoms with van der Waals surface area (Å²) in [4.78, 5) is 0. The Kier molecular flexibility index (Phi) is 4.21. The quantitative estimate of drug-likeness (QED) is 0.817. The number of allylic oxidation sites excluding steroid dienone is 1. The predicted octanol–water partition coefficient (Wildman–Crippen LogP) is 3.81.